The van der Waals surface area contributed by atoms with Crippen LogP contribution in [0.1, 0.15) is 5.69 Å². The molecule has 0 fully saturated rings. The first kappa shape index (κ1) is 21.3. The molecule has 0 aliphatic carbocycles. The second kappa shape index (κ2) is 9.89. The number of carbonyl (C=O) groups excluding carboxylic acids is 1. The first-order chi connectivity index (χ1) is 14.5. The monoisotopic (exact) mass is 431 g/mol. The molecule has 3 rings (SSSR count). The Labute approximate surface area is 179 Å². The number of carbonyl (C=O) groups is 1. The number of nitrogens with one attached hydrogen (secondary N) is 2. The fraction of sp³-hybridized carbons (Fsp3) is 0.238. The third kappa shape index (κ3) is 5.15. The summed E-state index contributed by atoms with van der Waals surface area (Å²) in [5, 5.41) is 5.88. The summed E-state index contributed by atoms with van der Waals surface area (Å²) >= 11 is 6.07. The van der Waals surface area contributed by atoms with E-state index >= 15 is 0 Å². The van der Waals surface area contributed by atoms with Crippen LogP contribution in [0.4, 0.5) is 10.5 Å². The van der Waals surface area contributed by atoms with Crippen molar-refractivity contribution in [3.63, 3.8) is 0 Å². The Morgan fingerprint density at radius 3 is 2.47 bits per heavy atom. The van der Waals surface area contributed by atoms with Gasteiger partial charge in [0.2, 0.25) is 5.89 Å². The lowest BCUT2D eigenvalue weighted by Gasteiger charge is -2.13. The van der Waals surface area contributed by atoms with Crippen molar-refractivity contribution >= 4 is 23.3 Å². The summed E-state index contributed by atoms with van der Waals surface area (Å²) < 4.78 is 21.1. The Bertz CT molecular complexity index is 1000. The van der Waals surface area contributed by atoms with E-state index in [-0.39, 0.29) is 0 Å². The number of hydrogen-bond acceptors (Lipinski definition) is 6. The normalized spacial score (nSPS) is 10.4. The molecule has 1 heterocycles. The molecule has 3 aromatic rings. The molecule has 0 atom stereocenters. The second-order valence-electron chi connectivity index (χ2n) is 6.19. The Morgan fingerprint density at radius 1 is 1.07 bits per heavy atom. The van der Waals surface area contributed by atoms with Gasteiger partial charge in [0.15, 0.2) is 0 Å². The SMILES string of the molecule is COc1ccc(-c2nc(CCNC(=O)Nc3cc(OC)c(Cl)cc3OC)co2)cc1. The molecule has 0 unspecified atom stereocenters. The summed E-state index contributed by atoms with van der Waals surface area (Å²) in [6.07, 6.45) is 2.08. The van der Waals surface area contributed by atoms with Crippen molar-refractivity contribution in [3.05, 3.63) is 53.4 Å². The average Bonchev–Trinajstić information content (AvgIpc) is 3.23. The Morgan fingerprint density at radius 2 is 1.80 bits per heavy atom. The van der Waals surface area contributed by atoms with E-state index in [2.05, 4.69) is 15.6 Å². The predicted octanol–water partition coefficient (Wildman–Crippen LogP) is 4.39. The fourth-order valence-electron chi connectivity index (χ4n) is 2.72. The van der Waals surface area contributed by atoms with Crippen molar-refractivity contribution in [2.45, 2.75) is 6.42 Å². The molecule has 1 aromatic heterocycles. The van der Waals surface area contributed by atoms with Crippen LogP contribution in [0.25, 0.3) is 11.5 Å². The van der Waals surface area contributed by atoms with Crippen molar-refractivity contribution in [3.8, 4) is 28.7 Å². The third-order valence-electron chi connectivity index (χ3n) is 4.28. The number of benzene rings is 2. The van der Waals surface area contributed by atoms with Gasteiger partial charge in [0, 0.05) is 30.7 Å². The number of methoxy groups -OCH3 is 3. The molecular weight excluding hydrogens is 410 g/mol. The average molecular weight is 432 g/mol. The first-order valence-corrected chi connectivity index (χ1v) is 9.47. The van der Waals surface area contributed by atoms with Gasteiger partial charge >= 0.3 is 6.03 Å². The number of amides is 2. The topological polar surface area (TPSA) is 94.9 Å². The highest BCUT2D eigenvalue weighted by Crippen LogP contribution is 2.35. The molecule has 30 heavy (non-hydrogen) atoms. The Balaban J connectivity index is 1.54. The number of urea groups is 1. The van der Waals surface area contributed by atoms with Crippen LogP contribution >= 0.6 is 11.6 Å². The summed E-state index contributed by atoms with van der Waals surface area (Å²) in [5.74, 6) is 2.13. The summed E-state index contributed by atoms with van der Waals surface area (Å²) in [4.78, 5) is 16.7. The zero-order chi connectivity index (χ0) is 21.5. The molecule has 2 amide bonds. The van der Waals surface area contributed by atoms with Gasteiger partial charge in [-0.15, -0.1) is 0 Å². The Kier molecular flexibility index (Phi) is 7.03. The predicted molar refractivity (Wildman–Crippen MR) is 114 cm³/mol. The maximum atomic E-state index is 12.2. The summed E-state index contributed by atoms with van der Waals surface area (Å²) in [6, 6.07) is 10.2. The van der Waals surface area contributed by atoms with Crippen LogP contribution in [0.2, 0.25) is 5.02 Å². The third-order valence-corrected chi connectivity index (χ3v) is 4.57. The molecule has 9 heteroatoms. The molecule has 0 radical (unpaired) electrons. The van der Waals surface area contributed by atoms with Crippen molar-refractivity contribution < 1.29 is 23.4 Å². The van der Waals surface area contributed by atoms with E-state index in [1.165, 1.54) is 14.2 Å². The molecule has 2 aromatic carbocycles. The summed E-state index contributed by atoms with van der Waals surface area (Å²) in [5.41, 5.74) is 2.02. The number of anilines is 1. The molecule has 8 nitrogen and oxygen atoms in total. The van der Waals surface area contributed by atoms with Gasteiger partial charge < -0.3 is 29.3 Å². The van der Waals surface area contributed by atoms with E-state index in [1.807, 2.05) is 24.3 Å². The van der Waals surface area contributed by atoms with Gasteiger partial charge in [-0.1, -0.05) is 11.6 Å². The second-order valence-corrected chi connectivity index (χ2v) is 6.60. The van der Waals surface area contributed by atoms with Gasteiger partial charge in [0.25, 0.3) is 0 Å². The van der Waals surface area contributed by atoms with Crippen molar-refractivity contribution in [2.24, 2.45) is 0 Å². The van der Waals surface area contributed by atoms with Gasteiger partial charge in [0.1, 0.15) is 23.5 Å². The molecule has 158 valence electrons. The Hall–Kier alpha value is -3.39. The van der Waals surface area contributed by atoms with Crippen LogP contribution in [0.5, 0.6) is 17.2 Å². The van der Waals surface area contributed by atoms with Crippen molar-refractivity contribution in [2.75, 3.05) is 33.2 Å². The lowest BCUT2D eigenvalue weighted by molar-refractivity contribution is 0.252. The molecule has 0 bridgehead atoms. The summed E-state index contributed by atoms with van der Waals surface area (Å²) in [6.45, 7) is 0.369. The maximum absolute atomic E-state index is 12.2. The molecule has 0 aliphatic rings. The number of oxazole rings is 1. The van der Waals surface area contributed by atoms with Gasteiger partial charge in [0.05, 0.1) is 37.7 Å². The van der Waals surface area contributed by atoms with Crippen LogP contribution in [0, 0.1) is 0 Å². The molecule has 0 aliphatic heterocycles. The number of ether oxygens (including phenoxy) is 3. The number of nitrogens with zero attached hydrogens (tertiary/aromatic N) is 1. The molecule has 0 saturated carbocycles. The van der Waals surface area contributed by atoms with Gasteiger partial charge in [-0.05, 0) is 24.3 Å². The lowest BCUT2D eigenvalue weighted by Crippen LogP contribution is -2.30. The molecular formula is C21H22ClN3O5. The number of rotatable bonds is 8. The van der Waals surface area contributed by atoms with Crippen LogP contribution < -0.4 is 24.8 Å². The number of aromatic nitrogens is 1. The highest BCUT2D eigenvalue weighted by molar-refractivity contribution is 6.32. The zero-order valence-electron chi connectivity index (χ0n) is 16.8. The zero-order valence-corrected chi connectivity index (χ0v) is 17.6. The molecule has 2 N–H and O–H groups in total. The standard InChI is InChI=1S/C21H22ClN3O5/c1-27-15-6-4-13(5-7-15)20-24-14(12-30-20)8-9-23-21(26)25-17-11-18(28-2)16(22)10-19(17)29-3/h4-7,10-12H,8-9H2,1-3H3,(H2,23,25,26). The number of hydrogen-bond donors (Lipinski definition) is 2. The smallest absolute Gasteiger partial charge is 0.319 e. The largest absolute Gasteiger partial charge is 0.497 e. The van der Waals surface area contributed by atoms with Crippen LogP contribution in [0.15, 0.2) is 47.1 Å². The minimum absolute atomic E-state index is 0.369. The van der Waals surface area contributed by atoms with E-state index in [1.54, 1.807) is 25.5 Å². The van der Waals surface area contributed by atoms with E-state index in [0.717, 1.165) is 17.0 Å². The van der Waals surface area contributed by atoms with E-state index < -0.39 is 6.03 Å². The molecule has 0 spiro atoms. The van der Waals surface area contributed by atoms with Crippen molar-refractivity contribution in [1.82, 2.24) is 10.3 Å². The van der Waals surface area contributed by atoms with Gasteiger partial charge in [-0.3, -0.25) is 0 Å². The van der Waals surface area contributed by atoms with Gasteiger partial charge in [-0.2, -0.15) is 0 Å². The number of halogens is 1. The van der Waals surface area contributed by atoms with Crippen molar-refractivity contribution in [1.29, 1.82) is 0 Å². The van der Waals surface area contributed by atoms with E-state index in [4.69, 9.17) is 30.2 Å². The van der Waals surface area contributed by atoms with Crippen LogP contribution in [-0.4, -0.2) is 38.9 Å². The minimum Gasteiger partial charge on any atom is -0.497 e. The fourth-order valence-corrected chi connectivity index (χ4v) is 2.95. The minimum atomic E-state index is -0.392. The quantitative estimate of drug-likeness (QED) is 0.549. The van der Waals surface area contributed by atoms with Gasteiger partial charge in [-0.25, -0.2) is 9.78 Å². The van der Waals surface area contributed by atoms with Crippen LogP contribution in [-0.2, 0) is 6.42 Å². The van der Waals surface area contributed by atoms with Crippen LogP contribution in [0.3, 0.4) is 0 Å². The summed E-state index contributed by atoms with van der Waals surface area (Å²) in [7, 11) is 4.60. The highest BCUT2D eigenvalue weighted by Gasteiger charge is 2.13. The van der Waals surface area contributed by atoms with E-state index in [9.17, 15) is 4.79 Å². The van der Waals surface area contributed by atoms with E-state index in [0.29, 0.717) is 41.1 Å². The first-order valence-electron chi connectivity index (χ1n) is 9.09. The lowest BCUT2D eigenvalue weighted by atomic mass is 10.2. The highest BCUT2D eigenvalue weighted by atomic mass is 35.5. The molecule has 0 saturated heterocycles. The maximum Gasteiger partial charge on any atom is 0.319 e.